The lowest BCUT2D eigenvalue weighted by Crippen LogP contribution is -2.00. The molecule has 0 aliphatic carbocycles. The van der Waals surface area contributed by atoms with Crippen LogP contribution in [0, 0.1) is 0 Å². The van der Waals surface area contributed by atoms with Crippen LogP contribution in [0.3, 0.4) is 0 Å². The summed E-state index contributed by atoms with van der Waals surface area (Å²) < 4.78 is 0. The summed E-state index contributed by atoms with van der Waals surface area (Å²) in [5.74, 6) is -1.24. The molecule has 0 fully saturated rings. The highest BCUT2D eigenvalue weighted by Gasteiger charge is 2.14. The van der Waals surface area contributed by atoms with Crippen molar-refractivity contribution in [2.75, 3.05) is 5.73 Å². The van der Waals surface area contributed by atoms with Crippen LogP contribution in [0.15, 0.2) is 16.8 Å². The Hall–Kier alpha value is -2.22. The van der Waals surface area contributed by atoms with Crippen LogP contribution in [-0.2, 0) is 14.4 Å². The van der Waals surface area contributed by atoms with E-state index in [9.17, 15) is 9.59 Å². The molecule has 0 saturated heterocycles. The van der Waals surface area contributed by atoms with Crippen LogP contribution in [-0.4, -0.2) is 28.6 Å². The van der Waals surface area contributed by atoms with Crippen molar-refractivity contribution >= 4 is 40.5 Å². The van der Waals surface area contributed by atoms with Gasteiger partial charge in [-0.1, -0.05) is 5.16 Å². The number of anilines is 1. The Morgan fingerprint density at radius 1 is 1.75 bits per heavy atom. The first-order valence-electron chi connectivity index (χ1n) is 3.85. The second-order valence-electron chi connectivity index (χ2n) is 2.37. The number of aromatic nitrogens is 1. The van der Waals surface area contributed by atoms with Crippen molar-refractivity contribution in [3.05, 3.63) is 17.3 Å². The molecule has 8 heteroatoms. The summed E-state index contributed by atoms with van der Waals surface area (Å²) in [6.07, 6.45) is 2.90. The molecule has 7 nitrogen and oxygen atoms in total. The minimum atomic E-state index is -1.24. The zero-order valence-electron chi connectivity index (χ0n) is 7.78. The Bertz CT molecular complexity index is 452. The first-order valence-corrected chi connectivity index (χ1v) is 4.73. The molecule has 0 spiro atoms. The lowest BCUT2D eigenvalue weighted by atomic mass is 10.2. The number of thiazole rings is 1. The van der Waals surface area contributed by atoms with Gasteiger partial charge in [0.05, 0.1) is 5.69 Å². The van der Waals surface area contributed by atoms with Gasteiger partial charge in [0.25, 0.3) is 0 Å². The van der Waals surface area contributed by atoms with Gasteiger partial charge in [-0.05, 0) is 0 Å². The fraction of sp³-hybridized carbons (Fsp3) is 0. The minimum absolute atomic E-state index is 0.167. The number of hydrogen-bond acceptors (Lipinski definition) is 7. The molecule has 0 amide bonds. The Morgan fingerprint density at radius 3 is 3.00 bits per heavy atom. The van der Waals surface area contributed by atoms with Crippen LogP contribution >= 0.6 is 11.3 Å². The molecule has 0 saturated carbocycles. The molecule has 1 radical (unpaired) electrons. The third-order valence-electron chi connectivity index (χ3n) is 1.37. The molecule has 1 heterocycles. The van der Waals surface area contributed by atoms with E-state index in [1.54, 1.807) is 0 Å². The number of hydrogen-bond donors (Lipinski definition) is 2. The zero-order chi connectivity index (χ0) is 12.0. The quantitative estimate of drug-likeness (QED) is 0.330. The van der Waals surface area contributed by atoms with Gasteiger partial charge >= 0.3 is 5.97 Å². The molecule has 16 heavy (non-hydrogen) atoms. The molecule has 0 unspecified atom stereocenters. The third-order valence-corrected chi connectivity index (χ3v) is 2.04. The van der Waals surface area contributed by atoms with Gasteiger partial charge in [-0.2, -0.15) is 0 Å². The second kappa shape index (κ2) is 5.61. The molecule has 1 aromatic rings. The normalized spacial score (nSPS) is 11.6. The summed E-state index contributed by atoms with van der Waals surface area (Å²) in [6, 6.07) is 0. The number of carbonyl (C=O) groups excluding carboxylic acids is 1. The maximum absolute atomic E-state index is 10.8. The number of nitrogens with two attached hydrogens (primary N) is 1. The molecule has 0 bridgehead atoms. The van der Waals surface area contributed by atoms with E-state index in [1.807, 2.05) is 0 Å². The number of aliphatic carboxylic acids is 1. The second-order valence-corrected chi connectivity index (χ2v) is 3.26. The molecular weight excluding hydrogens is 234 g/mol. The highest BCUT2D eigenvalue weighted by molar-refractivity contribution is 7.13. The predicted octanol–water partition coefficient (Wildman–Crippen LogP) is 0.263. The van der Waals surface area contributed by atoms with Crippen molar-refractivity contribution in [2.45, 2.75) is 0 Å². The van der Waals surface area contributed by atoms with Gasteiger partial charge in [0.1, 0.15) is 18.0 Å². The molecule has 3 N–H and O–H groups in total. The molecule has 0 aromatic carbocycles. The van der Waals surface area contributed by atoms with Crippen LogP contribution in [0.1, 0.15) is 5.69 Å². The monoisotopic (exact) mass is 240 g/mol. The zero-order valence-corrected chi connectivity index (χ0v) is 8.60. The summed E-state index contributed by atoms with van der Waals surface area (Å²) in [4.78, 5) is 28.8. The van der Waals surface area contributed by atoms with Crippen molar-refractivity contribution in [1.29, 1.82) is 0 Å². The maximum atomic E-state index is 10.8. The van der Waals surface area contributed by atoms with E-state index in [4.69, 9.17) is 10.8 Å². The van der Waals surface area contributed by atoms with Crippen molar-refractivity contribution in [2.24, 2.45) is 5.16 Å². The highest BCUT2D eigenvalue weighted by atomic mass is 32.1. The first-order chi connectivity index (χ1) is 7.65. The number of carboxylic acid groups (broad SMARTS) is 1. The summed E-state index contributed by atoms with van der Waals surface area (Å²) in [6.45, 7) is 0. The fourth-order valence-corrected chi connectivity index (χ4v) is 1.33. The Morgan fingerprint density at radius 2 is 2.50 bits per heavy atom. The number of nitrogens with zero attached hydrogens (tertiary/aromatic N) is 2. The Kier molecular flexibility index (Phi) is 4.16. The maximum Gasteiger partial charge on any atom is 0.341 e. The van der Waals surface area contributed by atoms with E-state index in [-0.39, 0.29) is 16.4 Å². The van der Waals surface area contributed by atoms with Crippen LogP contribution in [0.4, 0.5) is 5.13 Å². The van der Waals surface area contributed by atoms with E-state index in [0.717, 1.165) is 17.6 Å². The number of oxime groups is 1. The topological polar surface area (TPSA) is 115 Å². The first kappa shape index (κ1) is 11.9. The number of carbonyl (C=O) groups is 1. The molecule has 0 aliphatic heterocycles. The SMILES string of the molecule is Nc1nc(/C(=C\O/N=C/[C]=O)C(=O)O)cs1. The van der Waals surface area contributed by atoms with Crippen molar-refractivity contribution in [3.8, 4) is 0 Å². The fourth-order valence-electron chi connectivity index (χ4n) is 0.767. The summed E-state index contributed by atoms with van der Waals surface area (Å²) >= 11 is 1.10. The largest absolute Gasteiger partial charge is 0.477 e. The van der Waals surface area contributed by atoms with Crippen LogP contribution in [0.2, 0.25) is 0 Å². The van der Waals surface area contributed by atoms with E-state index in [2.05, 4.69) is 15.0 Å². The van der Waals surface area contributed by atoms with Gasteiger partial charge in [-0.25, -0.2) is 9.78 Å². The average molecular weight is 240 g/mol. The van der Waals surface area contributed by atoms with E-state index >= 15 is 0 Å². The van der Waals surface area contributed by atoms with Gasteiger partial charge in [0, 0.05) is 5.38 Å². The van der Waals surface area contributed by atoms with E-state index in [0.29, 0.717) is 6.21 Å². The Labute approximate surface area is 93.8 Å². The minimum Gasteiger partial charge on any atom is -0.477 e. The van der Waals surface area contributed by atoms with Gasteiger partial charge < -0.3 is 15.7 Å². The predicted molar refractivity (Wildman–Crippen MR) is 57.4 cm³/mol. The lowest BCUT2D eigenvalue weighted by molar-refractivity contribution is -0.130. The van der Waals surface area contributed by atoms with Gasteiger partial charge in [-0.3, -0.25) is 4.79 Å². The molecule has 0 atom stereocenters. The van der Waals surface area contributed by atoms with Gasteiger partial charge in [-0.15, -0.1) is 11.3 Å². The van der Waals surface area contributed by atoms with E-state index < -0.39 is 5.97 Å². The van der Waals surface area contributed by atoms with Gasteiger partial charge in [0.2, 0.25) is 6.29 Å². The lowest BCUT2D eigenvalue weighted by Gasteiger charge is -1.95. The van der Waals surface area contributed by atoms with Crippen molar-refractivity contribution in [3.63, 3.8) is 0 Å². The van der Waals surface area contributed by atoms with Crippen LogP contribution < -0.4 is 5.73 Å². The van der Waals surface area contributed by atoms with Crippen molar-refractivity contribution < 1.29 is 19.5 Å². The Balaban J connectivity index is 2.87. The van der Waals surface area contributed by atoms with Crippen LogP contribution in [0.5, 0.6) is 0 Å². The summed E-state index contributed by atoms with van der Waals surface area (Å²) in [7, 11) is 0. The van der Waals surface area contributed by atoms with Crippen molar-refractivity contribution in [1.82, 2.24) is 4.98 Å². The van der Waals surface area contributed by atoms with E-state index in [1.165, 1.54) is 11.7 Å². The third kappa shape index (κ3) is 3.17. The number of nitrogen functional groups attached to an aromatic ring is 1. The molecular formula is C8H6N3O4S. The highest BCUT2D eigenvalue weighted by Crippen LogP contribution is 2.19. The number of carboxylic acids is 1. The smallest absolute Gasteiger partial charge is 0.341 e. The summed E-state index contributed by atoms with van der Waals surface area (Å²) in [5, 5.41) is 13.6. The molecule has 0 aliphatic rings. The molecule has 83 valence electrons. The van der Waals surface area contributed by atoms with Crippen LogP contribution in [0.25, 0.3) is 5.57 Å². The van der Waals surface area contributed by atoms with Gasteiger partial charge in [0.15, 0.2) is 5.13 Å². The number of rotatable bonds is 5. The summed E-state index contributed by atoms with van der Waals surface area (Å²) in [5.41, 5.74) is 5.31. The molecule has 1 aromatic heterocycles. The molecule has 1 rings (SSSR count). The average Bonchev–Trinajstić information content (AvgIpc) is 2.64. The standard InChI is InChI=1S/C8H6N3O4S/c9-8-11-6(4-16-8)5(7(13)14)3-15-10-1-2-12/h1,3-4H,(H2,9,11)(H,13,14)/b5-3+,10-1+.